The number of thioether (sulfide) groups is 1. The van der Waals surface area contributed by atoms with Crippen LogP contribution in [-0.4, -0.2) is 77.9 Å². The van der Waals surface area contributed by atoms with E-state index in [-0.39, 0.29) is 42.5 Å². The van der Waals surface area contributed by atoms with Gasteiger partial charge in [-0.1, -0.05) is 18.2 Å². The number of benzene rings is 1. The molecular weight excluding hydrogens is 582 g/mol. The molecule has 0 aliphatic carbocycles. The number of anilines is 1. The van der Waals surface area contributed by atoms with Gasteiger partial charge in [0.25, 0.3) is 11.5 Å². The number of hydrogen-bond donors (Lipinski definition) is 4. The van der Waals surface area contributed by atoms with Gasteiger partial charge in [-0.05, 0) is 26.0 Å². The number of aliphatic hydroxyl groups is 2. The zero-order chi connectivity index (χ0) is 30.7. The van der Waals surface area contributed by atoms with E-state index in [2.05, 4.69) is 15.3 Å². The molecule has 5 rings (SSSR count). The van der Waals surface area contributed by atoms with E-state index in [1.165, 1.54) is 33.3 Å². The summed E-state index contributed by atoms with van der Waals surface area (Å²) in [6.45, 7) is 3.09. The van der Waals surface area contributed by atoms with Gasteiger partial charge in [0.05, 0.1) is 31.4 Å². The van der Waals surface area contributed by atoms with E-state index >= 15 is 0 Å². The molecule has 14 nitrogen and oxygen atoms in total. The summed E-state index contributed by atoms with van der Waals surface area (Å²) in [5.74, 6) is -0.0448. The minimum Gasteiger partial charge on any atom is -0.394 e. The number of nitrogens with zero attached hydrogens (tertiary/aromatic N) is 3. The van der Waals surface area contributed by atoms with E-state index in [9.17, 15) is 29.4 Å². The molecule has 0 saturated carbocycles. The van der Waals surface area contributed by atoms with Crippen LogP contribution in [0.1, 0.15) is 46.8 Å². The van der Waals surface area contributed by atoms with Crippen molar-refractivity contribution in [3.63, 3.8) is 0 Å². The molecule has 43 heavy (non-hydrogen) atoms. The summed E-state index contributed by atoms with van der Waals surface area (Å²) in [6, 6.07) is 8.58. The molecule has 0 radical (unpaired) electrons. The lowest BCUT2D eigenvalue weighted by Crippen LogP contribution is -2.33. The summed E-state index contributed by atoms with van der Waals surface area (Å²) in [6.07, 6.45) is -0.00911. The Morgan fingerprint density at radius 3 is 2.51 bits per heavy atom. The molecule has 3 aromatic rings. The minimum absolute atomic E-state index is 0.0520. The lowest BCUT2D eigenvalue weighted by molar-refractivity contribution is -0.0568. The van der Waals surface area contributed by atoms with E-state index in [0.29, 0.717) is 23.1 Å². The van der Waals surface area contributed by atoms with Gasteiger partial charge in [0.2, 0.25) is 0 Å². The van der Waals surface area contributed by atoms with Crippen LogP contribution in [0.15, 0.2) is 57.1 Å². The van der Waals surface area contributed by atoms with Crippen LogP contribution in [0, 0.1) is 13.8 Å². The molecule has 2 aromatic heterocycles. The standard InChI is InChI=1S/C28H33N5O9S/c1-15-10-32(27(38)30-24(15)29-26(37)17-6-4-3-5-7-17)22-8-18(35)20(42-22)13-40-14-43-21-9-23(41-19(21)12-34)33-11-16(2)25(36)31-28(33)39/h3-7,10-11,18-23,34-35H,8-9,12-14H2,1-2H3,(H,31,36,39)(H,29,30,37,38)/t18-,19+,20+,21-,22+,23+/m0/s1. The zero-order valence-corrected chi connectivity index (χ0v) is 24.4. The first-order chi connectivity index (χ1) is 20.6. The maximum Gasteiger partial charge on any atom is 0.351 e. The van der Waals surface area contributed by atoms with Crippen LogP contribution in [0.3, 0.4) is 0 Å². The van der Waals surface area contributed by atoms with Crippen molar-refractivity contribution in [2.24, 2.45) is 0 Å². The highest BCUT2D eigenvalue weighted by Gasteiger charge is 2.38. The van der Waals surface area contributed by atoms with E-state index in [1.807, 2.05) is 0 Å². The Bertz CT molecular complexity index is 1630. The predicted molar refractivity (Wildman–Crippen MR) is 156 cm³/mol. The highest BCUT2D eigenvalue weighted by Crippen LogP contribution is 2.36. The second-order valence-electron chi connectivity index (χ2n) is 10.4. The highest BCUT2D eigenvalue weighted by molar-refractivity contribution is 7.99. The smallest absolute Gasteiger partial charge is 0.351 e. The van der Waals surface area contributed by atoms with E-state index in [1.54, 1.807) is 44.2 Å². The van der Waals surface area contributed by atoms with Gasteiger partial charge >= 0.3 is 11.4 Å². The fourth-order valence-electron chi connectivity index (χ4n) is 5.01. The largest absolute Gasteiger partial charge is 0.394 e. The number of H-pyrrole nitrogens is 1. The van der Waals surface area contributed by atoms with Gasteiger partial charge < -0.3 is 29.7 Å². The van der Waals surface area contributed by atoms with Crippen molar-refractivity contribution in [3.05, 3.63) is 90.7 Å². The number of aromatic amines is 1. The number of amides is 1. The molecule has 2 saturated heterocycles. The van der Waals surface area contributed by atoms with Crippen LogP contribution in [0.5, 0.6) is 0 Å². The number of hydrogen-bond acceptors (Lipinski definition) is 11. The third kappa shape index (κ3) is 6.98. The third-order valence-corrected chi connectivity index (χ3v) is 8.61. The molecule has 4 heterocycles. The molecule has 15 heteroatoms. The van der Waals surface area contributed by atoms with Crippen molar-refractivity contribution in [1.82, 2.24) is 19.1 Å². The number of nitrogens with one attached hydrogen (secondary N) is 2. The molecule has 0 unspecified atom stereocenters. The first-order valence-electron chi connectivity index (χ1n) is 13.7. The van der Waals surface area contributed by atoms with Crippen LogP contribution in [0.4, 0.5) is 5.82 Å². The maximum atomic E-state index is 12.8. The molecule has 230 valence electrons. The average molecular weight is 616 g/mol. The van der Waals surface area contributed by atoms with Crippen LogP contribution in [0.25, 0.3) is 0 Å². The maximum absolute atomic E-state index is 12.8. The second-order valence-corrected chi connectivity index (χ2v) is 11.6. The van der Waals surface area contributed by atoms with Crippen molar-refractivity contribution in [2.45, 2.75) is 62.7 Å². The van der Waals surface area contributed by atoms with Crippen LogP contribution >= 0.6 is 11.8 Å². The quantitative estimate of drug-likeness (QED) is 0.185. The van der Waals surface area contributed by atoms with Crippen molar-refractivity contribution < 1.29 is 29.2 Å². The molecule has 6 atom stereocenters. The number of aromatic nitrogens is 4. The van der Waals surface area contributed by atoms with Crippen LogP contribution in [0.2, 0.25) is 0 Å². The summed E-state index contributed by atoms with van der Waals surface area (Å²) in [7, 11) is 0. The number of aryl methyl sites for hydroxylation is 2. The number of aliphatic hydroxyl groups excluding tert-OH is 2. The van der Waals surface area contributed by atoms with Gasteiger partial charge in [-0.25, -0.2) is 9.59 Å². The van der Waals surface area contributed by atoms with Gasteiger partial charge in [0.15, 0.2) is 0 Å². The Balaban J connectivity index is 1.13. The first-order valence-corrected chi connectivity index (χ1v) is 14.8. The highest BCUT2D eigenvalue weighted by atomic mass is 32.2. The molecule has 2 aliphatic rings. The Labute approximate surface area is 249 Å². The normalized spacial score (nSPS) is 25.2. The molecule has 2 aliphatic heterocycles. The summed E-state index contributed by atoms with van der Waals surface area (Å²) < 4.78 is 20.1. The number of carbonyl (C=O) groups is 1. The van der Waals surface area contributed by atoms with Crippen LogP contribution < -0.4 is 22.3 Å². The van der Waals surface area contributed by atoms with Gasteiger partial charge in [-0.2, -0.15) is 4.98 Å². The SMILES string of the molecule is Cc1cn([C@H]2C[C@H](O)[C@@H](COCS[C@H]3C[C@H](n4cc(C)c(=O)[nH]c4=O)O[C@@H]3CO)O2)c(=O)nc1NC(=O)c1ccccc1. The van der Waals surface area contributed by atoms with Gasteiger partial charge in [-0.15, -0.1) is 11.8 Å². The lowest BCUT2D eigenvalue weighted by atomic mass is 10.2. The minimum atomic E-state index is -0.889. The van der Waals surface area contributed by atoms with Gasteiger partial charge in [-0.3, -0.25) is 23.7 Å². The third-order valence-electron chi connectivity index (χ3n) is 7.38. The summed E-state index contributed by atoms with van der Waals surface area (Å²) in [4.78, 5) is 55.5. The summed E-state index contributed by atoms with van der Waals surface area (Å²) >= 11 is 1.39. The fourth-order valence-corrected chi connectivity index (χ4v) is 6.05. The van der Waals surface area contributed by atoms with E-state index < -0.39 is 47.7 Å². The van der Waals surface area contributed by atoms with Crippen molar-refractivity contribution in [1.29, 1.82) is 0 Å². The van der Waals surface area contributed by atoms with Crippen molar-refractivity contribution >= 4 is 23.5 Å². The number of ether oxygens (including phenoxy) is 3. The summed E-state index contributed by atoms with van der Waals surface area (Å²) in [5, 5.41) is 22.8. The van der Waals surface area contributed by atoms with Crippen molar-refractivity contribution in [2.75, 3.05) is 24.5 Å². The van der Waals surface area contributed by atoms with Gasteiger partial charge in [0.1, 0.15) is 24.4 Å². The van der Waals surface area contributed by atoms with Gasteiger partial charge in [0, 0.05) is 47.2 Å². The fraction of sp³-hybridized carbons (Fsp3) is 0.464. The van der Waals surface area contributed by atoms with Crippen LogP contribution in [-0.2, 0) is 14.2 Å². The molecular formula is C28H33N5O9S. The molecule has 0 spiro atoms. The Kier molecular flexibility index (Phi) is 9.59. The molecule has 2 fully saturated rings. The Morgan fingerprint density at radius 2 is 1.77 bits per heavy atom. The predicted octanol–water partition coefficient (Wildman–Crippen LogP) is 0.667. The molecule has 4 N–H and O–H groups in total. The summed E-state index contributed by atoms with van der Waals surface area (Å²) in [5.41, 5.74) is -0.328. The average Bonchev–Trinajstić information content (AvgIpc) is 3.57. The number of rotatable bonds is 10. The second kappa shape index (κ2) is 13.4. The topological polar surface area (TPSA) is 187 Å². The monoisotopic (exact) mass is 615 g/mol. The molecule has 1 amide bonds. The first kappa shape index (κ1) is 30.8. The molecule has 1 aromatic carbocycles. The zero-order valence-electron chi connectivity index (χ0n) is 23.5. The van der Waals surface area contributed by atoms with Crippen molar-refractivity contribution in [3.8, 4) is 0 Å². The lowest BCUT2D eigenvalue weighted by Gasteiger charge is -2.18. The Hall–Kier alpha value is -3.60. The van der Waals surface area contributed by atoms with E-state index in [0.717, 1.165) is 0 Å². The molecule has 0 bridgehead atoms. The van der Waals surface area contributed by atoms with E-state index in [4.69, 9.17) is 14.2 Å². The number of carbonyl (C=O) groups excluding carboxylic acids is 1. The Morgan fingerprint density at radius 1 is 1.07 bits per heavy atom.